The van der Waals surface area contributed by atoms with Gasteiger partial charge in [-0.25, -0.2) is 4.68 Å². The summed E-state index contributed by atoms with van der Waals surface area (Å²) in [5.41, 5.74) is 3.25. The SMILES string of the molecule is Cc1nn(-c2ccccc2)c(C)c1NC(=O)C1COc2ccccc2O1. The molecule has 0 saturated carbocycles. The van der Waals surface area contributed by atoms with Crippen molar-refractivity contribution in [2.75, 3.05) is 11.9 Å². The van der Waals surface area contributed by atoms with E-state index in [1.807, 2.05) is 67.1 Å². The number of carbonyl (C=O) groups is 1. The molecule has 0 fully saturated rings. The Morgan fingerprint density at radius 1 is 1.08 bits per heavy atom. The second kappa shape index (κ2) is 6.55. The lowest BCUT2D eigenvalue weighted by Gasteiger charge is -2.25. The summed E-state index contributed by atoms with van der Waals surface area (Å²) in [4.78, 5) is 12.7. The number of nitrogens with zero attached hydrogens (tertiary/aromatic N) is 2. The van der Waals surface area contributed by atoms with E-state index in [1.165, 1.54) is 0 Å². The van der Waals surface area contributed by atoms with Crippen LogP contribution < -0.4 is 14.8 Å². The van der Waals surface area contributed by atoms with Crippen molar-refractivity contribution in [3.63, 3.8) is 0 Å². The number of fused-ring (bicyclic) bond motifs is 1. The molecule has 2 aromatic carbocycles. The van der Waals surface area contributed by atoms with Crippen LogP contribution in [0.25, 0.3) is 5.69 Å². The Bertz CT molecular complexity index is 950. The van der Waals surface area contributed by atoms with Crippen LogP contribution in [0.15, 0.2) is 54.6 Å². The van der Waals surface area contributed by atoms with Crippen LogP contribution >= 0.6 is 0 Å². The van der Waals surface area contributed by atoms with Crippen LogP contribution in [0.4, 0.5) is 5.69 Å². The minimum Gasteiger partial charge on any atom is -0.485 e. The van der Waals surface area contributed by atoms with E-state index >= 15 is 0 Å². The van der Waals surface area contributed by atoms with E-state index in [0.29, 0.717) is 17.2 Å². The van der Waals surface area contributed by atoms with Crippen molar-refractivity contribution in [2.24, 2.45) is 0 Å². The molecule has 1 aliphatic rings. The second-order valence-corrected chi connectivity index (χ2v) is 6.15. The molecule has 6 nitrogen and oxygen atoms in total. The van der Waals surface area contributed by atoms with E-state index in [4.69, 9.17) is 9.47 Å². The summed E-state index contributed by atoms with van der Waals surface area (Å²) >= 11 is 0. The molecule has 1 aromatic heterocycles. The molecule has 4 rings (SSSR count). The van der Waals surface area contributed by atoms with Gasteiger partial charge in [-0.15, -0.1) is 0 Å². The number of amides is 1. The van der Waals surface area contributed by atoms with Gasteiger partial charge in [-0.3, -0.25) is 4.79 Å². The Balaban J connectivity index is 1.55. The van der Waals surface area contributed by atoms with Crippen molar-refractivity contribution >= 4 is 11.6 Å². The molecule has 26 heavy (non-hydrogen) atoms. The van der Waals surface area contributed by atoms with E-state index in [9.17, 15) is 4.79 Å². The summed E-state index contributed by atoms with van der Waals surface area (Å²) < 4.78 is 13.2. The number of benzene rings is 2. The third-order valence-corrected chi connectivity index (χ3v) is 4.34. The first kappa shape index (κ1) is 16.2. The van der Waals surface area contributed by atoms with Gasteiger partial charge in [0.25, 0.3) is 5.91 Å². The van der Waals surface area contributed by atoms with Crippen LogP contribution in [0.2, 0.25) is 0 Å². The van der Waals surface area contributed by atoms with E-state index < -0.39 is 6.10 Å². The molecular formula is C20H19N3O3. The minimum absolute atomic E-state index is 0.174. The minimum atomic E-state index is -0.705. The average Bonchev–Trinajstić information content (AvgIpc) is 2.96. The monoisotopic (exact) mass is 349 g/mol. The summed E-state index contributed by atoms with van der Waals surface area (Å²) in [5, 5.41) is 7.49. The fourth-order valence-electron chi connectivity index (χ4n) is 3.00. The van der Waals surface area contributed by atoms with Crippen LogP contribution in [0.5, 0.6) is 11.5 Å². The largest absolute Gasteiger partial charge is 0.485 e. The molecule has 0 bridgehead atoms. The predicted molar refractivity (Wildman–Crippen MR) is 98.0 cm³/mol. The Morgan fingerprint density at radius 3 is 2.54 bits per heavy atom. The zero-order valence-electron chi connectivity index (χ0n) is 14.6. The number of aromatic nitrogens is 2. The molecule has 1 N–H and O–H groups in total. The number of ether oxygens (including phenoxy) is 2. The molecule has 1 aliphatic heterocycles. The number of aryl methyl sites for hydroxylation is 1. The second-order valence-electron chi connectivity index (χ2n) is 6.15. The lowest BCUT2D eigenvalue weighted by Crippen LogP contribution is -2.40. The van der Waals surface area contributed by atoms with Crippen molar-refractivity contribution < 1.29 is 14.3 Å². The summed E-state index contributed by atoms with van der Waals surface area (Å²) in [7, 11) is 0. The van der Waals surface area contributed by atoms with Gasteiger partial charge in [-0.05, 0) is 38.1 Å². The molecule has 1 unspecified atom stereocenters. The van der Waals surface area contributed by atoms with Crippen LogP contribution in [0.3, 0.4) is 0 Å². The van der Waals surface area contributed by atoms with Crippen LogP contribution in [0.1, 0.15) is 11.4 Å². The maximum Gasteiger partial charge on any atom is 0.269 e. The molecule has 0 saturated heterocycles. The maximum atomic E-state index is 12.7. The first-order valence-corrected chi connectivity index (χ1v) is 8.44. The Hall–Kier alpha value is -3.28. The normalized spacial score (nSPS) is 15.5. The number of anilines is 1. The molecule has 2 heterocycles. The van der Waals surface area contributed by atoms with E-state index in [1.54, 1.807) is 6.07 Å². The lowest BCUT2D eigenvalue weighted by molar-refractivity contribution is -0.125. The van der Waals surface area contributed by atoms with Crippen molar-refractivity contribution in [1.82, 2.24) is 9.78 Å². The van der Waals surface area contributed by atoms with E-state index in [-0.39, 0.29) is 12.5 Å². The van der Waals surface area contributed by atoms with Gasteiger partial charge in [0, 0.05) is 0 Å². The molecule has 0 radical (unpaired) electrons. The average molecular weight is 349 g/mol. The van der Waals surface area contributed by atoms with Crippen LogP contribution in [-0.4, -0.2) is 28.4 Å². The fraction of sp³-hybridized carbons (Fsp3) is 0.200. The molecule has 1 atom stereocenters. The third-order valence-electron chi connectivity index (χ3n) is 4.34. The van der Waals surface area contributed by atoms with Crippen molar-refractivity contribution in [3.8, 4) is 17.2 Å². The maximum absolute atomic E-state index is 12.7. The van der Waals surface area contributed by atoms with Gasteiger partial charge in [0.05, 0.1) is 22.8 Å². The Labute approximate surface area is 151 Å². The van der Waals surface area contributed by atoms with Crippen molar-refractivity contribution in [3.05, 3.63) is 66.0 Å². The number of carbonyl (C=O) groups excluding carboxylic acids is 1. The summed E-state index contributed by atoms with van der Waals surface area (Å²) in [6, 6.07) is 17.1. The molecule has 0 spiro atoms. The fourth-order valence-corrected chi connectivity index (χ4v) is 3.00. The number of para-hydroxylation sites is 3. The molecule has 6 heteroatoms. The van der Waals surface area contributed by atoms with Crippen LogP contribution in [0, 0.1) is 13.8 Å². The molecule has 0 aliphatic carbocycles. The smallest absolute Gasteiger partial charge is 0.269 e. The Morgan fingerprint density at radius 2 is 1.77 bits per heavy atom. The summed E-state index contributed by atoms with van der Waals surface area (Å²) in [6.45, 7) is 3.97. The number of rotatable bonds is 3. The highest BCUT2D eigenvalue weighted by atomic mass is 16.6. The molecule has 1 amide bonds. The van der Waals surface area contributed by atoms with Gasteiger partial charge < -0.3 is 14.8 Å². The van der Waals surface area contributed by atoms with Crippen LogP contribution in [-0.2, 0) is 4.79 Å². The van der Waals surface area contributed by atoms with Gasteiger partial charge in [-0.1, -0.05) is 30.3 Å². The standard InChI is InChI=1S/C20H19N3O3/c1-13-19(14(2)23(22-13)15-8-4-3-5-9-15)21-20(24)18-12-25-16-10-6-7-11-17(16)26-18/h3-11,18H,12H2,1-2H3,(H,21,24). The van der Waals surface area contributed by atoms with Gasteiger partial charge in [0.1, 0.15) is 6.61 Å². The first-order chi connectivity index (χ1) is 12.6. The van der Waals surface area contributed by atoms with Gasteiger partial charge in [-0.2, -0.15) is 5.10 Å². The zero-order chi connectivity index (χ0) is 18.1. The van der Waals surface area contributed by atoms with E-state index in [0.717, 1.165) is 17.1 Å². The topological polar surface area (TPSA) is 65.4 Å². The lowest BCUT2D eigenvalue weighted by atomic mass is 10.2. The van der Waals surface area contributed by atoms with Crippen molar-refractivity contribution in [2.45, 2.75) is 20.0 Å². The number of hydrogen-bond donors (Lipinski definition) is 1. The zero-order valence-corrected chi connectivity index (χ0v) is 14.6. The molecule has 3 aromatic rings. The third kappa shape index (κ3) is 2.90. The highest BCUT2D eigenvalue weighted by Gasteiger charge is 2.28. The quantitative estimate of drug-likeness (QED) is 0.788. The summed E-state index contributed by atoms with van der Waals surface area (Å²) in [5.74, 6) is 0.978. The van der Waals surface area contributed by atoms with Gasteiger partial charge in [0.2, 0.25) is 6.10 Å². The molecule has 132 valence electrons. The Kier molecular flexibility index (Phi) is 4.08. The van der Waals surface area contributed by atoms with Gasteiger partial charge in [0.15, 0.2) is 11.5 Å². The van der Waals surface area contributed by atoms with Crippen molar-refractivity contribution in [1.29, 1.82) is 0 Å². The highest BCUT2D eigenvalue weighted by Crippen LogP contribution is 2.31. The number of hydrogen-bond acceptors (Lipinski definition) is 4. The van der Waals surface area contributed by atoms with Gasteiger partial charge >= 0.3 is 0 Å². The first-order valence-electron chi connectivity index (χ1n) is 8.44. The number of nitrogens with one attached hydrogen (secondary N) is 1. The molecular weight excluding hydrogens is 330 g/mol. The summed E-state index contributed by atoms with van der Waals surface area (Å²) in [6.07, 6.45) is -0.705. The highest BCUT2D eigenvalue weighted by molar-refractivity contribution is 5.95. The van der Waals surface area contributed by atoms with E-state index in [2.05, 4.69) is 10.4 Å². The predicted octanol–water partition coefficient (Wildman–Crippen LogP) is 3.27.